The number of allylic oxidation sites excluding steroid dienone is 3. The molecule has 3 atom stereocenters. The second-order valence-corrected chi connectivity index (χ2v) is 6.98. The molecule has 24 heavy (non-hydrogen) atoms. The Hall–Kier alpha value is -1.64. The molecular formula is C21H35NO2. The van der Waals surface area contributed by atoms with Gasteiger partial charge in [0.2, 0.25) is 0 Å². The maximum atomic E-state index is 11.5. The fourth-order valence-corrected chi connectivity index (χ4v) is 2.49. The van der Waals surface area contributed by atoms with E-state index in [0.717, 1.165) is 30.5 Å². The van der Waals surface area contributed by atoms with Crippen LogP contribution in [0.4, 0.5) is 0 Å². The summed E-state index contributed by atoms with van der Waals surface area (Å²) in [6.07, 6.45) is 8.52. The summed E-state index contributed by atoms with van der Waals surface area (Å²) in [5.74, 6) is 0.766. The van der Waals surface area contributed by atoms with Gasteiger partial charge in [0.15, 0.2) is 6.04 Å². The fraction of sp³-hybridized carbons (Fsp3) is 0.619. The number of hydrogen-bond acceptors (Lipinski definition) is 2. The Kier molecular flexibility index (Phi) is 11.0. The number of aliphatic imine (C=N–C) groups is 1. The second-order valence-electron chi connectivity index (χ2n) is 6.98. The zero-order valence-corrected chi connectivity index (χ0v) is 16.1. The van der Waals surface area contributed by atoms with Crippen molar-refractivity contribution in [3.8, 4) is 0 Å². The molecule has 136 valence electrons. The molecule has 0 heterocycles. The highest BCUT2D eigenvalue weighted by atomic mass is 16.4. The van der Waals surface area contributed by atoms with Gasteiger partial charge in [-0.05, 0) is 37.0 Å². The lowest BCUT2D eigenvalue weighted by atomic mass is 9.88. The van der Waals surface area contributed by atoms with Gasteiger partial charge in [-0.3, -0.25) is 4.99 Å². The second kappa shape index (κ2) is 11.8. The van der Waals surface area contributed by atoms with E-state index in [2.05, 4.69) is 45.8 Å². The molecule has 0 bridgehead atoms. The highest BCUT2D eigenvalue weighted by molar-refractivity contribution is 5.89. The first kappa shape index (κ1) is 22.4. The van der Waals surface area contributed by atoms with Crippen LogP contribution in [0.2, 0.25) is 0 Å². The van der Waals surface area contributed by atoms with Gasteiger partial charge in [-0.1, -0.05) is 71.6 Å². The summed E-state index contributed by atoms with van der Waals surface area (Å²) in [6, 6.07) is -0.758. The molecule has 3 heteroatoms. The van der Waals surface area contributed by atoms with E-state index >= 15 is 0 Å². The molecule has 1 N–H and O–H groups in total. The van der Waals surface area contributed by atoms with Gasteiger partial charge >= 0.3 is 5.97 Å². The Morgan fingerprint density at radius 2 is 1.83 bits per heavy atom. The lowest BCUT2D eigenvalue weighted by Gasteiger charge is -2.20. The summed E-state index contributed by atoms with van der Waals surface area (Å²) in [7, 11) is 0. The van der Waals surface area contributed by atoms with Crippen molar-refractivity contribution in [3.63, 3.8) is 0 Å². The van der Waals surface area contributed by atoms with Gasteiger partial charge in [-0.2, -0.15) is 0 Å². The van der Waals surface area contributed by atoms with E-state index in [1.54, 1.807) is 18.2 Å². The molecule has 0 spiro atoms. The van der Waals surface area contributed by atoms with E-state index in [-0.39, 0.29) is 0 Å². The Morgan fingerprint density at radius 3 is 2.29 bits per heavy atom. The summed E-state index contributed by atoms with van der Waals surface area (Å²) >= 11 is 0. The third-order valence-electron chi connectivity index (χ3n) is 4.65. The predicted octanol–water partition coefficient (Wildman–Crippen LogP) is 5.69. The van der Waals surface area contributed by atoms with Crippen molar-refractivity contribution in [2.24, 2.45) is 22.7 Å². The van der Waals surface area contributed by atoms with Crippen molar-refractivity contribution in [2.75, 3.05) is 0 Å². The summed E-state index contributed by atoms with van der Waals surface area (Å²) in [4.78, 5) is 16.1. The van der Waals surface area contributed by atoms with E-state index in [1.165, 1.54) is 0 Å². The average Bonchev–Trinajstić information content (AvgIpc) is 2.53. The molecule has 0 aliphatic carbocycles. The zero-order valence-electron chi connectivity index (χ0n) is 16.1. The Labute approximate surface area is 148 Å². The van der Waals surface area contributed by atoms with Crippen LogP contribution in [0.15, 0.2) is 42.0 Å². The largest absolute Gasteiger partial charge is 0.480 e. The zero-order chi connectivity index (χ0) is 18.7. The maximum Gasteiger partial charge on any atom is 0.328 e. The highest BCUT2D eigenvalue weighted by Gasteiger charge is 2.20. The molecule has 0 rings (SSSR count). The number of nitrogens with zero attached hydrogens (tertiary/aromatic N) is 1. The predicted molar refractivity (Wildman–Crippen MR) is 105 cm³/mol. The number of aliphatic carboxylic acids is 1. The molecule has 0 aromatic carbocycles. The Balaban J connectivity index is 4.98. The quantitative estimate of drug-likeness (QED) is 0.368. The van der Waals surface area contributed by atoms with E-state index in [9.17, 15) is 9.90 Å². The van der Waals surface area contributed by atoms with E-state index in [4.69, 9.17) is 0 Å². The van der Waals surface area contributed by atoms with Gasteiger partial charge in [0.05, 0.1) is 0 Å². The van der Waals surface area contributed by atoms with Crippen molar-refractivity contribution in [2.45, 2.75) is 66.3 Å². The third-order valence-corrected chi connectivity index (χ3v) is 4.65. The third kappa shape index (κ3) is 8.85. The molecule has 3 nitrogen and oxygen atoms in total. The molecule has 0 aliphatic heterocycles. The molecule has 0 saturated carbocycles. The smallest absolute Gasteiger partial charge is 0.328 e. The standard InChI is InChI=1S/C21H35NO2/c1-8-10-11-16(5)14-20(21(23)24)22-19(9-2)18(7)13-12-17(6)15(3)4/h8,10-11,15,17-18,20H,1,5,9,12-14H2,2-4,6-7H3,(H,23,24). The number of carboxylic acids is 1. The molecule has 0 fully saturated rings. The highest BCUT2D eigenvalue weighted by Crippen LogP contribution is 2.21. The van der Waals surface area contributed by atoms with Crippen molar-refractivity contribution in [1.82, 2.24) is 0 Å². The molecular weight excluding hydrogens is 298 g/mol. The van der Waals surface area contributed by atoms with Gasteiger partial charge in [0.1, 0.15) is 0 Å². The molecule has 0 aliphatic rings. The maximum absolute atomic E-state index is 11.5. The number of carboxylic acid groups (broad SMARTS) is 1. The molecule has 0 radical (unpaired) electrons. The molecule has 0 amide bonds. The van der Waals surface area contributed by atoms with Crippen molar-refractivity contribution in [1.29, 1.82) is 0 Å². The van der Waals surface area contributed by atoms with Gasteiger partial charge < -0.3 is 5.11 Å². The van der Waals surface area contributed by atoms with Gasteiger partial charge in [-0.15, -0.1) is 0 Å². The van der Waals surface area contributed by atoms with Crippen LogP contribution in [0.5, 0.6) is 0 Å². The minimum absolute atomic E-state index is 0.315. The normalized spacial score (nSPS) is 16.2. The minimum Gasteiger partial charge on any atom is -0.480 e. The monoisotopic (exact) mass is 333 g/mol. The molecule has 0 aromatic heterocycles. The van der Waals surface area contributed by atoms with Gasteiger partial charge in [-0.25, -0.2) is 4.79 Å². The first-order chi connectivity index (χ1) is 11.2. The number of carbonyl (C=O) groups is 1. The van der Waals surface area contributed by atoms with E-state index in [1.807, 2.05) is 6.92 Å². The van der Waals surface area contributed by atoms with Crippen LogP contribution in [0.1, 0.15) is 60.3 Å². The molecule has 3 unspecified atom stereocenters. The van der Waals surface area contributed by atoms with Gasteiger partial charge in [0.25, 0.3) is 0 Å². The van der Waals surface area contributed by atoms with E-state index in [0.29, 0.717) is 24.2 Å². The number of rotatable bonds is 12. The summed E-state index contributed by atoms with van der Waals surface area (Å²) < 4.78 is 0. The summed E-state index contributed by atoms with van der Waals surface area (Å²) in [6.45, 7) is 18.5. The minimum atomic E-state index is -0.892. The van der Waals surface area contributed by atoms with Crippen LogP contribution in [-0.2, 0) is 4.79 Å². The SMILES string of the molecule is C=CC=CC(=C)CC(N=C(CC)C(C)CCC(C)C(C)C)C(=O)O. The first-order valence-electron chi connectivity index (χ1n) is 8.99. The van der Waals surface area contributed by atoms with Crippen molar-refractivity contribution < 1.29 is 9.90 Å². The van der Waals surface area contributed by atoms with Crippen LogP contribution in [0.25, 0.3) is 0 Å². The molecule has 0 aromatic rings. The van der Waals surface area contributed by atoms with Crippen LogP contribution < -0.4 is 0 Å². The van der Waals surface area contributed by atoms with E-state index < -0.39 is 12.0 Å². The van der Waals surface area contributed by atoms with Crippen LogP contribution in [0.3, 0.4) is 0 Å². The van der Waals surface area contributed by atoms with Crippen molar-refractivity contribution >= 4 is 11.7 Å². The van der Waals surface area contributed by atoms with Crippen LogP contribution >= 0.6 is 0 Å². The lowest BCUT2D eigenvalue weighted by Crippen LogP contribution is -2.23. The fourth-order valence-electron chi connectivity index (χ4n) is 2.49. The number of hydrogen-bond donors (Lipinski definition) is 1. The van der Waals surface area contributed by atoms with Gasteiger partial charge in [0, 0.05) is 12.1 Å². The van der Waals surface area contributed by atoms with Crippen molar-refractivity contribution in [3.05, 3.63) is 37.0 Å². The van der Waals surface area contributed by atoms with Crippen LogP contribution in [-0.4, -0.2) is 22.8 Å². The Morgan fingerprint density at radius 1 is 1.21 bits per heavy atom. The summed E-state index contributed by atoms with van der Waals surface area (Å²) in [5, 5.41) is 9.47. The Bertz CT molecular complexity index is 474. The average molecular weight is 334 g/mol. The lowest BCUT2D eigenvalue weighted by molar-refractivity contribution is -0.138. The topological polar surface area (TPSA) is 49.7 Å². The van der Waals surface area contributed by atoms with Crippen LogP contribution in [0, 0.1) is 17.8 Å². The first-order valence-corrected chi connectivity index (χ1v) is 8.99. The molecule has 0 saturated heterocycles. The summed E-state index contributed by atoms with van der Waals surface area (Å²) in [5.41, 5.74) is 1.75.